The van der Waals surface area contributed by atoms with Gasteiger partial charge in [0.1, 0.15) is 0 Å². The van der Waals surface area contributed by atoms with Gasteiger partial charge in [0.2, 0.25) is 11.9 Å². The minimum Gasteiger partial charge on any atom is -0.465 e. The van der Waals surface area contributed by atoms with E-state index >= 15 is 0 Å². The number of carbonyl (C=O) groups excluding carboxylic acids is 2. The minimum atomic E-state index is -0.444. The fourth-order valence-electron chi connectivity index (χ4n) is 1.60. The smallest absolute Gasteiger partial charge is 0.338 e. The summed E-state index contributed by atoms with van der Waals surface area (Å²) in [6.45, 7) is 3.77. The number of methoxy groups -OCH3 is 1. The van der Waals surface area contributed by atoms with Crippen molar-refractivity contribution in [3.05, 3.63) is 23.9 Å². The fraction of sp³-hybridized carbons (Fsp3) is 0.385. The number of pyridine rings is 1. The summed E-state index contributed by atoms with van der Waals surface area (Å²) in [5.41, 5.74) is 0.847. The number of ether oxygens (including phenoxy) is 1. The standard InChI is InChI=1S/C13H16N4O3/c1-4-8(2)11(18)15-13-14-10-7-9(12(19)20-3)5-6-17(10)16-13/h5-8H,4H2,1-3H3,(H,15,16,18). The Morgan fingerprint density at radius 3 is 2.90 bits per heavy atom. The first-order valence-electron chi connectivity index (χ1n) is 6.30. The minimum absolute atomic E-state index is 0.104. The van der Waals surface area contributed by atoms with E-state index in [4.69, 9.17) is 0 Å². The molecule has 0 spiro atoms. The lowest BCUT2D eigenvalue weighted by atomic mass is 10.1. The number of hydrogen-bond acceptors (Lipinski definition) is 5. The monoisotopic (exact) mass is 276 g/mol. The Bertz CT molecular complexity index is 650. The van der Waals surface area contributed by atoms with Gasteiger partial charge in [0.25, 0.3) is 0 Å². The van der Waals surface area contributed by atoms with Gasteiger partial charge in [-0.15, -0.1) is 5.10 Å². The molecule has 2 aromatic rings. The topological polar surface area (TPSA) is 85.6 Å². The Balaban J connectivity index is 2.25. The van der Waals surface area contributed by atoms with Crippen LogP contribution in [-0.4, -0.2) is 33.6 Å². The van der Waals surface area contributed by atoms with Gasteiger partial charge in [-0.3, -0.25) is 10.1 Å². The van der Waals surface area contributed by atoms with Crippen LogP contribution < -0.4 is 5.32 Å². The van der Waals surface area contributed by atoms with Crippen molar-refractivity contribution in [3.63, 3.8) is 0 Å². The number of esters is 1. The zero-order valence-electron chi connectivity index (χ0n) is 11.6. The third-order valence-electron chi connectivity index (χ3n) is 3.05. The molecule has 0 aliphatic rings. The summed E-state index contributed by atoms with van der Waals surface area (Å²) in [7, 11) is 1.31. The lowest BCUT2D eigenvalue weighted by molar-refractivity contribution is -0.119. The van der Waals surface area contributed by atoms with E-state index in [0.29, 0.717) is 11.2 Å². The molecule has 1 atom stereocenters. The summed E-state index contributed by atoms with van der Waals surface area (Å²) in [4.78, 5) is 27.3. The molecule has 2 aromatic heterocycles. The van der Waals surface area contributed by atoms with E-state index in [1.807, 2.05) is 13.8 Å². The summed E-state index contributed by atoms with van der Waals surface area (Å²) in [5.74, 6) is -0.457. The predicted octanol–water partition coefficient (Wildman–Crippen LogP) is 1.50. The van der Waals surface area contributed by atoms with E-state index in [9.17, 15) is 9.59 Å². The molecule has 0 saturated carbocycles. The maximum absolute atomic E-state index is 11.8. The predicted molar refractivity (Wildman–Crippen MR) is 72.4 cm³/mol. The molecule has 0 fully saturated rings. The summed E-state index contributed by atoms with van der Waals surface area (Å²) in [6.07, 6.45) is 2.33. The first-order chi connectivity index (χ1) is 9.55. The van der Waals surface area contributed by atoms with E-state index in [2.05, 4.69) is 20.1 Å². The molecular formula is C13H16N4O3. The van der Waals surface area contributed by atoms with Gasteiger partial charge in [-0.25, -0.2) is 9.31 Å². The van der Waals surface area contributed by atoms with Gasteiger partial charge < -0.3 is 4.74 Å². The number of nitrogens with one attached hydrogen (secondary N) is 1. The molecule has 2 heterocycles. The normalized spacial score (nSPS) is 12.2. The number of nitrogens with zero attached hydrogens (tertiary/aromatic N) is 3. The van der Waals surface area contributed by atoms with E-state index < -0.39 is 5.97 Å². The van der Waals surface area contributed by atoms with Gasteiger partial charge in [-0.2, -0.15) is 4.98 Å². The van der Waals surface area contributed by atoms with E-state index in [1.165, 1.54) is 11.6 Å². The molecule has 0 bridgehead atoms. The molecular weight excluding hydrogens is 260 g/mol. The summed E-state index contributed by atoms with van der Waals surface area (Å²) >= 11 is 0. The summed E-state index contributed by atoms with van der Waals surface area (Å²) < 4.78 is 6.12. The van der Waals surface area contributed by atoms with Gasteiger partial charge in [0, 0.05) is 12.1 Å². The van der Waals surface area contributed by atoms with Crippen LogP contribution in [0.15, 0.2) is 18.3 Å². The molecule has 1 unspecified atom stereocenters. The van der Waals surface area contributed by atoms with Crippen molar-refractivity contribution in [1.82, 2.24) is 14.6 Å². The number of anilines is 1. The van der Waals surface area contributed by atoms with Gasteiger partial charge in [-0.1, -0.05) is 13.8 Å². The number of carbonyl (C=O) groups is 2. The highest BCUT2D eigenvalue weighted by molar-refractivity contribution is 5.91. The lowest BCUT2D eigenvalue weighted by Crippen LogP contribution is -2.20. The average molecular weight is 276 g/mol. The van der Waals surface area contributed by atoms with Gasteiger partial charge in [-0.05, 0) is 18.6 Å². The van der Waals surface area contributed by atoms with Crippen LogP contribution >= 0.6 is 0 Å². The van der Waals surface area contributed by atoms with E-state index in [0.717, 1.165) is 6.42 Å². The Kier molecular flexibility index (Phi) is 3.97. The molecule has 106 valence electrons. The maximum atomic E-state index is 11.8. The van der Waals surface area contributed by atoms with Crippen molar-refractivity contribution < 1.29 is 14.3 Å². The Morgan fingerprint density at radius 1 is 1.50 bits per heavy atom. The molecule has 1 amide bonds. The molecule has 7 heteroatoms. The first kappa shape index (κ1) is 14.0. The van der Waals surface area contributed by atoms with Crippen LogP contribution in [0, 0.1) is 5.92 Å². The van der Waals surface area contributed by atoms with Crippen LogP contribution in [0.25, 0.3) is 5.65 Å². The molecule has 0 aromatic carbocycles. The highest BCUT2D eigenvalue weighted by Gasteiger charge is 2.14. The summed E-state index contributed by atoms with van der Waals surface area (Å²) in [5, 5.41) is 6.76. The van der Waals surface area contributed by atoms with Gasteiger partial charge in [0.05, 0.1) is 12.7 Å². The third-order valence-corrected chi connectivity index (χ3v) is 3.05. The van der Waals surface area contributed by atoms with E-state index in [1.54, 1.807) is 18.3 Å². The molecule has 7 nitrogen and oxygen atoms in total. The maximum Gasteiger partial charge on any atom is 0.338 e. The highest BCUT2D eigenvalue weighted by atomic mass is 16.5. The van der Waals surface area contributed by atoms with Crippen LogP contribution in [0.1, 0.15) is 30.6 Å². The second kappa shape index (κ2) is 5.68. The Labute approximate surface area is 115 Å². The van der Waals surface area contributed by atoms with Gasteiger partial charge >= 0.3 is 5.97 Å². The quantitative estimate of drug-likeness (QED) is 0.855. The molecule has 1 N–H and O–H groups in total. The van der Waals surface area contributed by atoms with Crippen molar-refractivity contribution in [3.8, 4) is 0 Å². The zero-order chi connectivity index (χ0) is 14.7. The second-order valence-corrected chi connectivity index (χ2v) is 4.44. The molecule has 2 rings (SSSR count). The van der Waals surface area contributed by atoms with Crippen LogP contribution in [0.3, 0.4) is 0 Å². The number of amides is 1. The largest absolute Gasteiger partial charge is 0.465 e. The van der Waals surface area contributed by atoms with Crippen molar-refractivity contribution >= 4 is 23.5 Å². The van der Waals surface area contributed by atoms with Crippen molar-refractivity contribution in [1.29, 1.82) is 0 Å². The van der Waals surface area contributed by atoms with Gasteiger partial charge in [0.15, 0.2) is 5.65 Å². The molecule has 0 aliphatic heterocycles. The fourth-order valence-corrected chi connectivity index (χ4v) is 1.60. The average Bonchev–Trinajstić information content (AvgIpc) is 2.86. The molecule has 20 heavy (non-hydrogen) atoms. The Hall–Kier alpha value is -2.44. The molecule has 0 aliphatic carbocycles. The second-order valence-electron chi connectivity index (χ2n) is 4.44. The van der Waals surface area contributed by atoms with Crippen LogP contribution in [0.2, 0.25) is 0 Å². The Morgan fingerprint density at radius 2 is 2.25 bits per heavy atom. The van der Waals surface area contributed by atoms with Crippen LogP contribution in [-0.2, 0) is 9.53 Å². The van der Waals surface area contributed by atoms with Crippen LogP contribution in [0.5, 0.6) is 0 Å². The number of hydrogen-bond donors (Lipinski definition) is 1. The lowest BCUT2D eigenvalue weighted by Gasteiger charge is -2.05. The third kappa shape index (κ3) is 2.76. The number of rotatable bonds is 4. The van der Waals surface area contributed by atoms with Crippen molar-refractivity contribution in [2.24, 2.45) is 5.92 Å². The SMILES string of the molecule is CCC(C)C(=O)Nc1nc2cc(C(=O)OC)ccn2n1. The van der Waals surface area contributed by atoms with Crippen LogP contribution in [0.4, 0.5) is 5.95 Å². The number of fused-ring (bicyclic) bond motifs is 1. The van der Waals surface area contributed by atoms with E-state index in [-0.39, 0.29) is 17.8 Å². The van der Waals surface area contributed by atoms with Crippen molar-refractivity contribution in [2.75, 3.05) is 12.4 Å². The molecule has 0 radical (unpaired) electrons. The first-order valence-corrected chi connectivity index (χ1v) is 6.30. The van der Waals surface area contributed by atoms with Crippen molar-refractivity contribution in [2.45, 2.75) is 20.3 Å². The number of aromatic nitrogens is 3. The highest BCUT2D eigenvalue weighted by Crippen LogP contribution is 2.11. The zero-order valence-corrected chi connectivity index (χ0v) is 11.6. The summed E-state index contributed by atoms with van der Waals surface area (Å²) in [6, 6.07) is 3.13. The molecule has 0 saturated heterocycles.